The molecule has 0 aromatic rings. The zero-order valence-electron chi connectivity index (χ0n) is 17.1. The number of likely N-dealkylation sites (tertiary alicyclic amines) is 1. The summed E-state index contributed by atoms with van der Waals surface area (Å²) in [5, 5.41) is 3.27. The Kier molecular flexibility index (Phi) is 5.00. The second kappa shape index (κ2) is 7.03. The Labute approximate surface area is 163 Å². The molecular weight excluding hydrogens is 342 g/mol. The van der Waals surface area contributed by atoms with Crippen LogP contribution < -0.4 is 5.32 Å². The summed E-state index contributed by atoms with van der Waals surface area (Å²) in [6, 6.07) is 0. The van der Waals surface area contributed by atoms with Crippen molar-refractivity contribution in [3.63, 3.8) is 0 Å². The van der Waals surface area contributed by atoms with Gasteiger partial charge in [-0.15, -0.1) is 0 Å². The molecule has 1 aliphatic carbocycles. The number of fused-ring (bicyclic) bond motifs is 1. The molecular formula is C21H35N3O3. The molecule has 4 fully saturated rings. The van der Waals surface area contributed by atoms with Crippen LogP contribution in [0.3, 0.4) is 0 Å². The molecule has 2 amide bonds. The van der Waals surface area contributed by atoms with E-state index in [4.69, 9.17) is 4.74 Å². The lowest BCUT2D eigenvalue weighted by molar-refractivity contribution is -0.133. The van der Waals surface area contributed by atoms with Gasteiger partial charge in [0, 0.05) is 30.3 Å². The van der Waals surface area contributed by atoms with Gasteiger partial charge in [-0.1, -0.05) is 26.2 Å². The summed E-state index contributed by atoms with van der Waals surface area (Å²) in [4.78, 5) is 29.3. The molecule has 4 atom stereocenters. The Bertz CT molecular complexity index is 601. The monoisotopic (exact) mass is 377 g/mol. The highest BCUT2D eigenvalue weighted by atomic mass is 16.5. The lowest BCUT2D eigenvalue weighted by Gasteiger charge is -2.34. The number of hydrogen-bond donors (Lipinski definition) is 1. The normalized spacial score (nSPS) is 36.9. The summed E-state index contributed by atoms with van der Waals surface area (Å²) >= 11 is 0. The van der Waals surface area contributed by atoms with Crippen LogP contribution in [0.1, 0.15) is 51.9 Å². The molecule has 6 heteroatoms. The van der Waals surface area contributed by atoms with Crippen LogP contribution in [0.4, 0.5) is 0 Å². The fourth-order valence-electron chi connectivity index (χ4n) is 6.01. The van der Waals surface area contributed by atoms with Crippen LogP contribution in [0.2, 0.25) is 0 Å². The van der Waals surface area contributed by atoms with E-state index in [0.717, 1.165) is 51.6 Å². The standard InChI is InChI=1S/C21H35N3O3/c1-20(8-5-4-6-9-20)19(26)22-11-15-16-12-24(18(25)13-23(2)3)14-21(16)10-7-17(15)27-21/h15-17H,4-14H2,1-3H3,(H,22,26)/t15-,16+,17+,21+/m0/s1. The van der Waals surface area contributed by atoms with Gasteiger partial charge in [-0.3, -0.25) is 9.59 Å². The Morgan fingerprint density at radius 2 is 1.93 bits per heavy atom. The van der Waals surface area contributed by atoms with Crippen LogP contribution >= 0.6 is 0 Å². The van der Waals surface area contributed by atoms with Gasteiger partial charge in [-0.25, -0.2) is 0 Å². The first-order valence-corrected chi connectivity index (χ1v) is 10.7. The van der Waals surface area contributed by atoms with Crippen LogP contribution in [0.25, 0.3) is 0 Å². The largest absolute Gasteiger partial charge is 0.369 e. The van der Waals surface area contributed by atoms with Gasteiger partial charge in [0.05, 0.1) is 24.8 Å². The molecule has 4 rings (SSSR count). The average Bonchev–Trinajstić information content (AvgIpc) is 3.28. The third kappa shape index (κ3) is 3.39. The van der Waals surface area contributed by atoms with Crippen LogP contribution in [0.15, 0.2) is 0 Å². The molecule has 3 saturated heterocycles. The number of carbonyl (C=O) groups excluding carboxylic acids is 2. The van der Waals surface area contributed by atoms with Crippen molar-refractivity contribution in [2.75, 3.05) is 40.3 Å². The van der Waals surface area contributed by atoms with Gasteiger partial charge in [-0.2, -0.15) is 0 Å². The van der Waals surface area contributed by atoms with Gasteiger partial charge in [-0.05, 0) is 39.8 Å². The molecule has 0 aromatic heterocycles. The molecule has 1 spiro atoms. The molecule has 2 bridgehead atoms. The molecule has 6 nitrogen and oxygen atoms in total. The summed E-state index contributed by atoms with van der Waals surface area (Å²) in [7, 11) is 3.86. The highest BCUT2D eigenvalue weighted by Crippen LogP contribution is 2.54. The Morgan fingerprint density at radius 3 is 2.63 bits per heavy atom. The maximum atomic E-state index is 12.8. The quantitative estimate of drug-likeness (QED) is 0.791. The predicted molar refractivity (Wildman–Crippen MR) is 103 cm³/mol. The third-order valence-electron chi connectivity index (χ3n) is 7.59. The van der Waals surface area contributed by atoms with E-state index in [2.05, 4.69) is 12.2 Å². The van der Waals surface area contributed by atoms with E-state index in [1.54, 1.807) is 0 Å². The molecule has 3 heterocycles. The number of hydrogen-bond acceptors (Lipinski definition) is 4. The first kappa shape index (κ1) is 19.2. The first-order chi connectivity index (χ1) is 12.8. The van der Waals surface area contributed by atoms with Gasteiger partial charge in [0.25, 0.3) is 0 Å². The number of likely N-dealkylation sites (N-methyl/N-ethyl adjacent to an activating group) is 1. The minimum Gasteiger partial charge on any atom is -0.369 e. The zero-order valence-corrected chi connectivity index (χ0v) is 17.1. The van der Waals surface area contributed by atoms with Crippen molar-refractivity contribution in [2.24, 2.45) is 17.3 Å². The minimum absolute atomic E-state index is 0.156. The number of rotatable bonds is 5. The topological polar surface area (TPSA) is 61.9 Å². The maximum absolute atomic E-state index is 12.8. The van der Waals surface area contributed by atoms with E-state index >= 15 is 0 Å². The van der Waals surface area contributed by atoms with E-state index < -0.39 is 0 Å². The van der Waals surface area contributed by atoms with Gasteiger partial charge < -0.3 is 19.9 Å². The minimum atomic E-state index is -0.197. The highest BCUT2D eigenvalue weighted by Gasteiger charge is 2.63. The fraction of sp³-hybridized carbons (Fsp3) is 0.905. The number of nitrogens with zero attached hydrogens (tertiary/aromatic N) is 2. The average molecular weight is 378 g/mol. The summed E-state index contributed by atoms with van der Waals surface area (Å²) in [6.07, 6.45) is 7.94. The third-order valence-corrected chi connectivity index (χ3v) is 7.59. The van der Waals surface area contributed by atoms with E-state index in [9.17, 15) is 9.59 Å². The molecule has 4 aliphatic rings. The maximum Gasteiger partial charge on any atom is 0.236 e. The molecule has 27 heavy (non-hydrogen) atoms. The first-order valence-electron chi connectivity index (χ1n) is 10.7. The van der Waals surface area contributed by atoms with Crippen LogP contribution in [-0.4, -0.2) is 73.6 Å². The van der Waals surface area contributed by atoms with Crippen molar-refractivity contribution in [3.8, 4) is 0 Å². The second-order valence-corrected chi connectivity index (χ2v) is 9.87. The molecule has 0 unspecified atom stereocenters. The van der Waals surface area contributed by atoms with E-state index in [1.165, 1.54) is 6.42 Å². The Hall–Kier alpha value is -1.14. The number of ether oxygens (including phenoxy) is 1. The lowest BCUT2D eigenvalue weighted by atomic mass is 9.73. The zero-order chi connectivity index (χ0) is 19.2. The molecule has 0 aromatic carbocycles. The lowest BCUT2D eigenvalue weighted by Crippen LogP contribution is -2.46. The van der Waals surface area contributed by atoms with Crippen molar-refractivity contribution in [3.05, 3.63) is 0 Å². The summed E-state index contributed by atoms with van der Waals surface area (Å²) in [6.45, 7) is 4.77. The summed E-state index contributed by atoms with van der Waals surface area (Å²) in [5.74, 6) is 1.11. The van der Waals surface area contributed by atoms with Crippen LogP contribution in [0.5, 0.6) is 0 Å². The van der Waals surface area contributed by atoms with E-state index in [1.807, 2.05) is 23.9 Å². The van der Waals surface area contributed by atoms with Gasteiger partial charge in [0.15, 0.2) is 0 Å². The fourth-order valence-corrected chi connectivity index (χ4v) is 6.01. The SMILES string of the molecule is CN(C)CC(=O)N1C[C@@H]2[C@H](CNC(=O)C3(C)CCCCC3)[C@H]3CC[C@]2(C1)O3. The van der Waals surface area contributed by atoms with Crippen molar-refractivity contribution < 1.29 is 14.3 Å². The molecule has 0 radical (unpaired) electrons. The van der Waals surface area contributed by atoms with Gasteiger partial charge >= 0.3 is 0 Å². The number of nitrogens with one attached hydrogen (secondary N) is 1. The molecule has 1 saturated carbocycles. The predicted octanol–water partition coefficient (Wildman–Crippen LogP) is 1.64. The second-order valence-electron chi connectivity index (χ2n) is 9.87. The number of amides is 2. The summed E-state index contributed by atoms with van der Waals surface area (Å²) < 4.78 is 6.43. The molecule has 3 aliphatic heterocycles. The Balaban J connectivity index is 1.38. The Morgan fingerprint density at radius 1 is 1.19 bits per heavy atom. The van der Waals surface area contributed by atoms with Crippen molar-refractivity contribution in [1.82, 2.24) is 15.1 Å². The molecule has 152 valence electrons. The van der Waals surface area contributed by atoms with Crippen molar-refractivity contribution >= 4 is 11.8 Å². The van der Waals surface area contributed by atoms with E-state index in [-0.39, 0.29) is 28.9 Å². The van der Waals surface area contributed by atoms with Gasteiger partial charge in [0.1, 0.15) is 0 Å². The highest BCUT2D eigenvalue weighted by molar-refractivity contribution is 5.82. The van der Waals surface area contributed by atoms with Crippen molar-refractivity contribution in [2.45, 2.75) is 63.6 Å². The smallest absolute Gasteiger partial charge is 0.236 e. The van der Waals surface area contributed by atoms with E-state index in [0.29, 0.717) is 24.9 Å². The molecule has 1 N–H and O–H groups in total. The van der Waals surface area contributed by atoms with Crippen LogP contribution in [0, 0.1) is 17.3 Å². The van der Waals surface area contributed by atoms with Crippen LogP contribution in [-0.2, 0) is 14.3 Å². The number of carbonyl (C=O) groups is 2. The summed E-state index contributed by atoms with van der Waals surface area (Å²) in [5.41, 5.74) is -0.353. The van der Waals surface area contributed by atoms with Crippen molar-refractivity contribution in [1.29, 1.82) is 0 Å². The van der Waals surface area contributed by atoms with Gasteiger partial charge in [0.2, 0.25) is 11.8 Å².